The first kappa shape index (κ1) is 27.9. The van der Waals surface area contributed by atoms with Crippen molar-refractivity contribution in [1.82, 2.24) is 25.1 Å². The number of primary amides is 1. The van der Waals surface area contributed by atoms with Gasteiger partial charge in [-0.1, -0.05) is 19.9 Å². The third-order valence-corrected chi connectivity index (χ3v) is 5.96. The Morgan fingerprint density at radius 1 is 1.23 bits per heavy atom. The molecule has 0 aliphatic rings. The second-order valence-electron chi connectivity index (χ2n) is 9.85. The normalized spacial score (nSPS) is 11.6. The van der Waals surface area contributed by atoms with Gasteiger partial charge in [-0.05, 0) is 37.2 Å². The van der Waals surface area contributed by atoms with E-state index in [4.69, 9.17) is 10.5 Å². The van der Waals surface area contributed by atoms with Gasteiger partial charge in [-0.3, -0.25) is 14.4 Å². The SMILES string of the molecule is CC(C)(CO)CNCCCOc1ccc2c(N(c3cnn(CC(N)=O)c3)c3cccc(F)c3F)ncnc2c1. The van der Waals surface area contributed by atoms with Gasteiger partial charge >= 0.3 is 0 Å². The fourth-order valence-corrected chi connectivity index (χ4v) is 3.92. The summed E-state index contributed by atoms with van der Waals surface area (Å²) in [6.45, 7) is 5.80. The molecule has 2 aromatic carbocycles. The summed E-state index contributed by atoms with van der Waals surface area (Å²) in [5.74, 6) is -1.81. The van der Waals surface area contributed by atoms with Crippen molar-refractivity contribution >= 4 is 34.0 Å². The number of aliphatic hydroxyl groups excluding tert-OH is 1. The number of benzene rings is 2. The topological polar surface area (TPSA) is 131 Å². The third kappa shape index (κ3) is 6.84. The summed E-state index contributed by atoms with van der Waals surface area (Å²) in [4.78, 5) is 21.5. The number of ether oxygens (including phenoxy) is 1. The van der Waals surface area contributed by atoms with Crippen LogP contribution in [0.5, 0.6) is 5.75 Å². The molecule has 0 spiro atoms. The van der Waals surface area contributed by atoms with Crippen molar-refractivity contribution in [2.45, 2.75) is 26.8 Å². The molecule has 12 heteroatoms. The number of rotatable bonds is 13. The molecule has 0 bridgehead atoms. The van der Waals surface area contributed by atoms with Gasteiger partial charge in [-0.25, -0.2) is 18.7 Å². The number of aliphatic hydroxyl groups is 1. The number of anilines is 3. The Balaban J connectivity index is 1.59. The first-order valence-corrected chi connectivity index (χ1v) is 12.4. The van der Waals surface area contributed by atoms with E-state index in [0.29, 0.717) is 35.5 Å². The Labute approximate surface area is 224 Å². The summed E-state index contributed by atoms with van der Waals surface area (Å²) in [6, 6.07) is 9.10. The highest BCUT2D eigenvalue weighted by molar-refractivity contribution is 5.95. The number of nitrogens with two attached hydrogens (primary N) is 1. The molecule has 0 radical (unpaired) electrons. The largest absolute Gasteiger partial charge is 0.493 e. The van der Waals surface area contributed by atoms with Crippen LogP contribution in [0.2, 0.25) is 0 Å². The van der Waals surface area contributed by atoms with Gasteiger partial charge in [0.2, 0.25) is 5.91 Å². The zero-order chi connectivity index (χ0) is 28.0. The number of carbonyl (C=O) groups excluding carboxylic acids is 1. The minimum Gasteiger partial charge on any atom is -0.493 e. The van der Waals surface area contributed by atoms with Crippen molar-refractivity contribution in [2.24, 2.45) is 11.1 Å². The first-order chi connectivity index (χ1) is 18.7. The van der Waals surface area contributed by atoms with Crippen molar-refractivity contribution in [2.75, 3.05) is 31.2 Å². The molecule has 0 atom stereocenters. The van der Waals surface area contributed by atoms with E-state index in [-0.39, 0.29) is 30.1 Å². The van der Waals surface area contributed by atoms with E-state index in [0.717, 1.165) is 19.0 Å². The van der Waals surface area contributed by atoms with Crippen LogP contribution in [0.3, 0.4) is 0 Å². The van der Waals surface area contributed by atoms with Gasteiger partial charge in [0.25, 0.3) is 0 Å². The van der Waals surface area contributed by atoms with E-state index in [2.05, 4.69) is 20.4 Å². The Kier molecular flexibility index (Phi) is 8.67. The van der Waals surface area contributed by atoms with Crippen LogP contribution in [-0.4, -0.2) is 57.1 Å². The fourth-order valence-electron chi connectivity index (χ4n) is 3.92. The van der Waals surface area contributed by atoms with Crippen molar-refractivity contribution in [3.8, 4) is 5.75 Å². The molecule has 10 nitrogen and oxygen atoms in total. The monoisotopic (exact) mass is 539 g/mol. The lowest BCUT2D eigenvalue weighted by Gasteiger charge is -2.24. The lowest BCUT2D eigenvalue weighted by Crippen LogP contribution is -2.33. The van der Waals surface area contributed by atoms with E-state index >= 15 is 4.39 Å². The fraction of sp³-hybridized carbons (Fsp3) is 0.333. The van der Waals surface area contributed by atoms with E-state index < -0.39 is 17.5 Å². The average Bonchev–Trinajstić information content (AvgIpc) is 3.35. The molecule has 0 unspecified atom stereocenters. The van der Waals surface area contributed by atoms with Crippen LogP contribution in [0, 0.1) is 17.0 Å². The summed E-state index contributed by atoms with van der Waals surface area (Å²) in [5.41, 5.74) is 5.88. The number of halogens is 2. The predicted molar refractivity (Wildman–Crippen MR) is 143 cm³/mol. The summed E-state index contributed by atoms with van der Waals surface area (Å²) in [5, 5.41) is 17.3. The number of nitrogens with zero attached hydrogens (tertiary/aromatic N) is 5. The molecule has 0 fully saturated rings. The molecular formula is C27H31F2N7O3. The molecule has 206 valence electrons. The van der Waals surface area contributed by atoms with Crippen LogP contribution in [0.4, 0.5) is 26.0 Å². The molecule has 4 N–H and O–H groups in total. The maximum Gasteiger partial charge on any atom is 0.239 e. The average molecular weight is 540 g/mol. The summed E-state index contributed by atoms with van der Waals surface area (Å²) in [7, 11) is 0. The summed E-state index contributed by atoms with van der Waals surface area (Å²) < 4.78 is 36.4. The molecule has 1 amide bonds. The highest BCUT2D eigenvalue weighted by atomic mass is 19.2. The molecule has 0 saturated carbocycles. The van der Waals surface area contributed by atoms with Gasteiger partial charge in [0, 0.05) is 36.2 Å². The highest BCUT2D eigenvalue weighted by Gasteiger charge is 2.23. The van der Waals surface area contributed by atoms with E-state index in [1.54, 1.807) is 18.2 Å². The quantitative estimate of drug-likeness (QED) is 0.220. The van der Waals surface area contributed by atoms with Crippen molar-refractivity contribution in [3.05, 3.63) is 66.8 Å². The van der Waals surface area contributed by atoms with Crippen molar-refractivity contribution in [3.63, 3.8) is 0 Å². The summed E-state index contributed by atoms with van der Waals surface area (Å²) >= 11 is 0. The van der Waals surface area contributed by atoms with Crippen LogP contribution in [-0.2, 0) is 11.3 Å². The van der Waals surface area contributed by atoms with Crippen LogP contribution >= 0.6 is 0 Å². The molecule has 4 rings (SSSR count). The number of hydrogen-bond donors (Lipinski definition) is 3. The van der Waals surface area contributed by atoms with Crippen LogP contribution < -0.4 is 20.7 Å². The molecule has 2 aromatic heterocycles. The first-order valence-electron chi connectivity index (χ1n) is 12.4. The van der Waals surface area contributed by atoms with Crippen LogP contribution in [0.1, 0.15) is 20.3 Å². The number of carbonyl (C=O) groups is 1. The minimum atomic E-state index is -1.07. The Morgan fingerprint density at radius 2 is 2.05 bits per heavy atom. The van der Waals surface area contributed by atoms with E-state index in [1.165, 1.54) is 40.4 Å². The van der Waals surface area contributed by atoms with Gasteiger partial charge in [0.15, 0.2) is 11.6 Å². The van der Waals surface area contributed by atoms with Gasteiger partial charge in [-0.2, -0.15) is 5.10 Å². The van der Waals surface area contributed by atoms with Crippen molar-refractivity contribution in [1.29, 1.82) is 0 Å². The Bertz CT molecular complexity index is 1440. The molecule has 0 aliphatic carbocycles. The van der Waals surface area contributed by atoms with Crippen LogP contribution in [0.15, 0.2) is 55.1 Å². The van der Waals surface area contributed by atoms with Gasteiger partial charge in [-0.15, -0.1) is 0 Å². The van der Waals surface area contributed by atoms with E-state index in [1.807, 2.05) is 13.8 Å². The van der Waals surface area contributed by atoms with Gasteiger partial charge < -0.3 is 20.9 Å². The Morgan fingerprint density at radius 3 is 2.82 bits per heavy atom. The zero-order valence-corrected chi connectivity index (χ0v) is 21.8. The number of hydrogen-bond acceptors (Lipinski definition) is 8. The van der Waals surface area contributed by atoms with Gasteiger partial charge in [0.05, 0.1) is 29.7 Å². The molecule has 0 saturated heterocycles. The Hall–Kier alpha value is -4.16. The molecule has 0 aliphatic heterocycles. The number of aromatic nitrogens is 4. The molecule has 4 aromatic rings. The van der Waals surface area contributed by atoms with E-state index in [9.17, 15) is 14.3 Å². The predicted octanol–water partition coefficient (Wildman–Crippen LogP) is 3.44. The molecule has 39 heavy (non-hydrogen) atoms. The standard InChI is InChI=1S/C27H31F2N7O3/c1-27(2,16-37)15-31-9-4-10-39-19-7-8-20-22(11-19)32-17-33-26(20)36(23-6-3-5-21(28)25(23)29)18-12-34-35(13-18)14-24(30)38/h3,5-8,11-13,17,31,37H,4,9-10,14-16H2,1-2H3,(H2,30,38). The van der Waals surface area contributed by atoms with Crippen molar-refractivity contribution < 1.29 is 23.4 Å². The maximum atomic E-state index is 15.0. The maximum absolute atomic E-state index is 15.0. The lowest BCUT2D eigenvalue weighted by atomic mass is 9.95. The third-order valence-electron chi connectivity index (χ3n) is 5.96. The molecular weight excluding hydrogens is 508 g/mol. The lowest BCUT2D eigenvalue weighted by molar-refractivity contribution is -0.118. The number of nitrogens with one attached hydrogen (secondary N) is 1. The second-order valence-corrected chi connectivity index (χ2v) is 9.85. The second kappa shape index (κ2) is 12.1. The minimum absolute atomic E-state index is 0.0918. The van der Waals surface area contributed by atoms with Gasteiger partial charge in [0.1, 0.15) is 24.4 Å². The van der Waals surface area contributed by atoms with Crippen LogP contribution in [0.25, 0.3) is 10.9 Å². The smallest absolute Gasteiger partial charge is 0.239 e. The summed E-state index contributed by atoms with van der Waals surface area (Å²) in [6.07, 6.45) is 4.99. The number of amides is 1. The molecule has 2 heterocycles. The number of fused-ring (bicyclic) bond motifs is 1. The highest BCUT2D eigenvalue weighted by Crippen LogP contribution is 2.39. The zero-order valence-electron chi connectivity index (χ0n) is 21.8.